The van der Waals surface area contributed by atoms with Crippen LogP contribution in [-0.4, -0.2) is 29.2 Å². The Kier molecular flexibility index (Phi) is 4.19. The minimum atomic E-state index is -0.0981. The molecule has 2 amide bonds. The standard InChI is InChI=1S/C19H19N3O2S/c1-24-15-6-2-5-14(13-15)20-19(23)22-11-10-21-9-3-7-16(21)18(22)17-8-4-12-25-17/h2-9,12-13,18H,10-11H2,1H3,(H,20,23). The number of nitrogens with one attached hydrogen (secondary N) is 1. The number of urea groups is 1. The maximum Gasteiger partial charge on any atom is 0.322 e. The fourth-order valence-corrected chi connectivity index (χ4v) is 4.09. The summed E-state index contributed by atoms with van der Waals surface area (Å²) in [5, 5.41) is 5.05. The molecule has 0 spiro atoms. The second kappa shape index (κ2) is 6.64. The van der Waals surface area contributed by atoms with Gasteiger partial charge in [0.25, 0.3) is 0 Å². The summed E-state index contributed by atoms with van der Waals surface area (Å²) in [7, 11) is 1.62. The molecule has 0 aliphatic carbocycles. The van der Waals surface area contributed by atoms with Crippen LogP contribution in [0, 0.1) is 0 Å². The predicted molar refractivity (Wildman–Crippen MR) is 99.3 cm³/mol. The highest BCUT2D eigenvalue weighted by molar-refractivity contribution is 7.10. The normalized spacial score (nSPS) is 16.4. The first kappa shape index (κ1) is 15.8. The van der Waals surface area contributed by atoms with Crippen molar-refractivity contribution in [3.8, 4) is 5.75 Å². The summed E-state index contributed by atoms with van der Waals surface area (Å²) in [6.07, 6.45) is 2.08. The van der Waals surface area contributed by atoms with Crippen molar-refractivity contribution >= 4 is 23.1 Å². The van der Waals surface area contributed by atoms with Gasteiger partial charge in [0.1, 0.15) is 11.8 Å². The average molecular weight is 353 g/mol. The van der Waals surface area contributed by atoms with E-state index in [4.69, 9.17) is 4.74 Å². The van der Waals surface area contributed by atoms with Crippen molar-refractivity contribution in [3.63, 3.8) is 0 Å². The summed E-state index contributed by atoms with van der Waals surface area (Å²) in [4.78, 5) is 16.0. The number of hydrogen-bond acceptors (Lipinski definition) is 3. The minimum Gasteiger partial charge on any atom is -0.497 e. The van der Waals surface area contributed by atoms with Crippen molar-refractivity contribution in [3.05, 3.63) is 70.7 Å². The number of rotatable bonds is 3. The van der Waals surface area contributed by atoms with Crippen LogP contribution < -0.4 is 10.1 Å². The molecule has 1 aliphatic rings. The fraction of sp³-hybridized carbons (Fsp3) is 0.211. The number of anilines is 1. The highest BCUT2D eigenvalue weighted by Gasteiger charge is 2.32. The van der Waals surface area contributed by atoms with E-state index in [9.17, 15) is 4.79 Å². The first-order valence-electron chi connectivity index (χ1n) is 8.16. The van der Waals surface area contributed by atoms with Gasteiger partial charge in [-0.2, -0.15) is 0 Å². The monoisotopic (exact) mass is 353 g/mol. The van der Waals surface area contributed by atoms with E-state index in [-0.39, 0.29) is 12.1 Å². The molecule has 1 atom stereocenters. The molecule has 1 aromatic carbocycles. The molecule has 2 aromatic heterocycles. The molecule has 0 fully saturated rings. The van der Waals surface area contributed by atoms with Gasteiger partial charge in [-0.15, -0.1) is 11.3 Å². The Morgan fingerprint density at radius 1 is 1.20 bits per heavy atom. The van der Waals surface area contributed by atoms with Crippen LogP contribution in [0.4, 0.5) is 10.5 Å². The lowest BCUT2D eigenvalue weighted by Crippen LogP contribution is -2.44. The highest BCUT2D eigenvalue weighted by Crippen LogP contribution is 2.35. The van der Waals surface area contributed by atoms with Crippen molar-refractivity contribution < 1.29 is 9.53 Å². The van der Waals surface area contributed by atoms with E-state index in [1.807, 2.05) is 41.3 Å². The average Bonchev–Trinajstić information content (AvgIpc) is 3.32. The molecule has 0 saturated heterocycles. The Hall–Kier alpha value is -2.73. The number of fused-ring (bicyclic) bond motifs is 1. The Morgan fingerprint density at radius 2 is 2.12 bits per heavy atom. The summed E-state index contributed by atoms with van der Waals surface area (Å²) in [6, 6.07) is 15.5. The van der Waals surface area contributed by atoms with Crippen molar-refractivity contribution in [1.82, 2.24) is 9.47 Å². The van der Waals surface area contributed by atoms with Crippen LogP contribution in [0.25, 0.3) is 0 Å². The molecule has 1 unspecified atom stereocenters. The van der Waals surface area contributed by atoms with Crippen LogP contribution in [0.5, 0.6) is 5.75 Å². The van der Waals surface area contributed by atoms with E-state index >= 15 is 0 Å². The molecule has 0 radical (unpaired) electrons. The van der Waals surface area contributed by atoms with E-state index < -0.39 is 0 Å². The van der Waals surface area contributed by atoms with Gasteiger partial charge in [-0.3, -0.25) is 0 Å². The molecule has 5 nitrogen and oxygen atoms in total. The summed E-state index contributed by atoms with van der Waals surface area (Å²) in [6.45, 7) is 1.47. The van der Waals surface area contributed by atoms with E-state index in [1.165, 1.54) is 4.88 Å². The van der Waals surface area contributed by atoms with Gasteiger partial charge >= 0.3 is 6.03 Å². The molecular weight excluding hydrogens is 334 g/mol. The van der Waals surface area contributed by atoms with Crippen molar-refractivity contribution in [2.45, 2.75) is 12.6 Å². The highest BCUT2D eigenvalue weighted by atomic mass is 32.1. The molecule has 128 valence electrons. The number of carbonyl (C=O) groups excluding carboxylic acids is 1. The number of nitrogens with zero attached hydrogens (tertiary/aromatic N) is 2. The van der Waals surface area contributed by atoms with Gasteiger partial charge in [0.05, 0.1) is 7.11 Å². The second-order valence-corrected chi connectivity index (χ2v) is 6.88. The number of amides is 2. The van der Waals surface area contributed by atoms with Crippen LogP contribution in [0.2, 0.25) is 0 Å². The number of carbonyl (C=O) groups is 1. The number of ether oxygens (including phenoxy) is 1. The number of methoxy groups -OCH3 is 1. The molecule has 0 bridgehead atoms. The van der Waals surface area contributed by atoms with E-state index in [0.717, 1.165) is 23.7 Å². The van der Waals surface area contributed by atoms with Gasteiger partial charge in [-0.05, 0) is 35.7 Å². The maximum absolute atomic E-state index is 13.0. The summed E-state index contributed by atoms with van der Waals surface area (Å²) >= 11 is 1.67. The molecule has 1 N–H and O–H groups in total. The van der Waals surface area contributed by atoms with Crippen molar-refractivity contribution in [1.29, 1.82) is 0 Å². The van der Waals surface area contributed by atoms with E-state index in [2.05, 4.69) is 33.6 Å². The molecule has 1 aliphatic heterocycles. The van der Waals surface area contributed by atoms with E-state index in [1.54, 1.807) is 18.4 Å². The molecule has 4 rings (SSSR count). The summed E-state index contributed by atoms with van der Waals surface area (Å²) < 4.78 is 7.45. The first-order valence-corrected chi connectivity index (χ1v) is 9.04. The third kappa shape index (κ3) is 3.00. The smallest absolute Gasteiger partial charge is 0.322 e. The maximum atomic E-state index is 13.0. The second-order valence-electron chi connectivity index (χ2n) is 5.90. The van der Waals surface area contributed by atoms with Crippen LogP contribution in [-0.2, 0) is 6.54 Å². The molecule has 3 heterocycles. The number of hydrogen-bond donors (Lipinski definition) is 1. The lowest BCUT2D eigenvalue weighted by Gasteiger charge is -2.36. The van der Waals surface area contributed by atoms with Crippen LogP contribution in [0.3, 0.4) is 0 Å². The Morgan fingerprint density at radius 3 is 2.92 bits per heavy atom. The zero-order chi connectivity index (χ0) is 17.2. The van der Waals surface area contributed by atoms with Crippen LogP contribution in [0.15, 0.2) is 60.1 Å². The van der Waals surface area contributed by atoms with Crippen LogP contribution >= 0.6 is 11.3 Å². The van der Waals surface area contributed by atoms with Gasteiger partial charge in [-0.25, -0.2) is 4.79 Å². The Balaban J connectivity index is 1.62. The first-order chi connectivity index (χ1) is 12.3. The summed E-state index contributed by atoms with van der Waals surface area (Å²) in [5.74, 6) is 0.722. The van der Waals surface area contributed by atoms with Crippen LogP contribution in [0.1, 0.15) is 16.6 Å². The number of thiophene rings is 1. The Bertz CT molecular complexity index is 872. The van der Waals surface area contributed by atoms with Crippen molar-refractivity contribution in [2.24, 2.45) is 0 Å². The van der Waals surface area contributed by atoms with E-state index in [0.29, 0.717) is 6.54 Å². The molecule has 6 heteroatoms. The molecule has 25 heavy (non-hydrogen) atoms. The third-order valence-electron chi connectivity index (χ3n) is 4.43. The Labute approximate surface area is 150 Å². The lowest BCUT2D eigenvalue weighted by atomic mass is 10.1. The zero-order valence-electron chi connectivity index (χ0n) is 13.9. The third-order valence-corrected chi connectivity index (χ3v) is 5.36. The SMILES string of the molecule is COc1cccc(NC(=O)N2CCn3cccc3C2c2cccs2)c1. The lowest BCUT2D eigenvalue weighted by molar-refractivity contribution is 0.183. The molecule has 0 saturated carbocycles. The van der Waals surface area contributed by atoms with Crippen molar-refractivity contribution in [2.75, 3.05) is 19.0 Å². The topological polar surface area (TPSA) is 46.5 Å². The van der Waals surface area contributed by atoms with Gasteiger partial charge in [0.2, 0.25) is 0 Å². The summed E-state index contributed by atoms with van der Waals surface area (Å²) in [5.41, 5.74) is 1.88. The zero-order valence-corrected chi connectivity index (χ0v) is 14.7. The fourth-order valence-electron chi connectivity index (χ4n) is 3.24. The molecule has 3 aromatic rings. The largest absolute Gasteiger partial charge is 0.497 e. The van der Waals surface area contributed by atoms with Gasteiger partial charge < -0.3 is 19.5 Å². The van der Waals surface area contributed by atoms with Gasteiger partial charge in [0.15, 0.2) is 0 Å². The quantitative estimate of drug-likeness (QED) is 0.767. The number of benzene rings is 1. The molecular formula is C19H19N3O2S. The number of aromatic nitrogens is 1. The van der Waals surface area contributed by atoms with Gasteiger partial charge in [-0.1, -0.05) is 12.1 Å². The minimum absolute atomic E-state index is 0.0608. The van der Waals surface area contributed by atoms with Gasteiger partial charge in [0, 0.05) is 41.6 Å². The predicted octanol–water partition coefficient (Wildman–Crippen LogP) is 4.20.